The van der Waals surface area contributed by atoms with E-state index in [-0.39, 0.29) is 17.7 Å². The number of amides is 1. The van der Waals surface area contributed by atoms with E-state index >= 15 is 0 Å². The van der Waals surface area contributed by atoms with Crippen molar-refractivity contribution >= 4 is 29.1 Å². The van der Waals surface area contributed by atoms with Crippen molar-refractivity contribution in [2.24, 2.45) is 5.92 Å². The number of benzene rings is 1. The largest absolute Gasteiger partial charge is 0.481 e. The van der Waals surface area contributed by atoms with Gasteiger partial charge < -0.3 is 14.7 Å². The molecule has 2 heterocycles. The number of carbonyl (C=O) groups is 1. The Kier molecular flexibility index (Phi) is 5.70. The zero-order valence-electron chi connectivity index (χ0n) is 14.5. The lowest BCUT2D eigenvalue weighted by Gasteiger charge is -2.21. The van der Waals surface area contributed by atoms with Gasteiger partial charge in [0, 0.05) is 37.2 Å². The van der Waals surface area contributed by atoms with Crippen LogP contribution in [0.1, 0.15) is 28.8 Å². The van der Waals surface area contributed by atoms with Crippen LogP contribution in [0.2, 0.25) is 10.0 Å². The number of aliphatic hydroxyl groups excluding tert-OH is 1. The summed E-state index contributed by atoms with van der Waals surface area (Å²) in [6.07, 6.45) is 0.951. The van der Waals surface area contributed by atoms with Crippen LogP contribution in [0.4, 0.5) is 0 Å². The molecule has 1 aromatic carbocycles. The third-order valence-electron chi connectivity index (χ3n) is 4.84. The van der Waals surface area contributed by atoms with Crippen LogP contribution in [-0.2, 0) is 0 Å². The summed E-state index contributed by atoms with van der Waals surface area (Å²) in [7, 11) is 1.53. The number of pyridine rings is 1. The predicted molar refractivity (Wildman–Crippen MR) is 101 cm³/mol. The molecule has 1 N–H and O–H groups in total. The molecule has 0 radical (unpaired) electrons. The van der Waals surface area contributed by atoms with E-state index in [1.807, 2.05) is 12.1 Å². The van der Waals surface area contributed by atoms with Crippen LogP contribution in [0, 0.1) is 5.92 Å². The molecular weight excluding hydrogens is 375 g/mol. The normalized spacial score (nSPS) is 20.9. The Labute approximate surface area is 162 Å². The van der Waals surface area contributed by atoms with Gasteiger partial charge in [-0.1, -0.05) is 29.3 Å². The molecule has 3 rings (SSSR count). The van der Waals surface area contributed by atoms with Gasteiger partial charge in [0.25, 0.3) is 5.91 Å². The molecule has 1 unspecified atom stereocenters. The highest BCUT2D eigenvalue weighted by Gasteiger charge is 2.39. The lowest BCUT2D eigenvalue weighted by Crippen LogP contribution is -2.30. The Morgan fingerprint density at radius 3 is 2.62 bits per heavy atom. The van der Waals surface area contributed by atoms with E-state index in [0.29, 0.717) is 34.6 Å². The molecular formula is C19H20Cl2N2O3. The van der Waals surface area contributed by atoms with Gasteiger partial charge in [0.05, 0.1) is 28.8 Å². The average Bonchev–Trinajstić information content (AvgIpc) is 3.09. The van der Waals surface area contributed by atoms with E-state index in [1.54, 1.807) is 30.0 Å². The first-order valence-electron chi connectivity index (χ1n) is 8.33. The number of methoxy groups -OCH3 is 1. The van der Waals surface area contributed by atoms with Crippen LogP contribution >= 0.6 is 23.2 Å². The van der Waals surface area contributed by atoms with Crippen molar-refractivity contribution in [1.82, 2.24) is 9.88 Å². The van der Waals surface area contributed by atoms with Gasteiger partial charge in [-0.25, -0.2) is 4.98 Å². The molecule has 1 aliphatic heterocycles. The topological polar surface area (TPSA) is 62.7 Å². The van der Waals surface area contributed by atoms with Gasteiger partial charge >= 0.3 is 0 Å². The fourth-order valence-electron chi connectivity index (χ4n) is 3.39. The fourth-order valence-corrected chi connectivity index (χ4v) is 3.70. The van der Waals surface area contributed by atoms with Crippen molar-refractivity contribution in [3.63, 3.8) is 0 Å². The standard InChI is InChI=1S/C19H20Cl2N2O3/c1-11(24)14-9-23(19(25)13-4-6-18(26-2)22-8-13)10-15(14)12-3-5-16(20)17(21)7-12/h3-8,11,14-15,24H,9-10H2,1-2H3/t11-,14?,15-/m0/s1. The molecule has 1 fully saturated rings. The number of ether oxygens (including phenoxy) is 1. The summed E-state index contributed by atoms with van der Waals surface area (Å²) < 4.78 is 5.03. The van der Waals surface area contributed by atoms with Crippen molar-refractivity contribution in [1.29, 1.82) is 0 Å². The summed E-state index contributed by atoms with van der Waals surface area (Å²) in [4.78, 5) is 18.7. The zero-order chi connectivity index (χ0) is 18.8. The van der Waals surface area contributed by atoms with E-state index in [9.17, 15) is 9.90 Å². The molecule has 7 heteroatoms. The maximum absolute atomic E-state index is 12.8. The molecule has 1 saturated heterocycles. The summed E-state index contributed by atoms with van der Waals surface area (Å²) >= 11 is 12.2. The van der Waals surface area contributed by atoms with Gasteiger partial charge in [-0.05, 0) is 30.7 Å². The van der Waals surface area contributed by atoms with Gasteiger partial charge in [0.2, 0.25) is 5.88 Å². The monoisotopic (exact) mass is 394 g/mol. The lowest BCUT2D eigenvalue weighted by atomic mass is 9.86. The van der Waals surface area contributed by atoms with Crippen LogP contribution in [0.25, 0.3) is 0 Å². The Morgan fingerprint density at radius 2 is 2.04 bits per heavy atom. The van der Waals surface area contributed by atoms with E-state index in [4.69, 9.17) is 27.9 Å². The highest BCUT2D eigenvalue weighted by Crippen LogP contribution is 2.37. The van der Waals surface area contributed by atoms with Crippen LogP contribution in [-0.4, -0.2) is 47.2 Å². The number of carbonyl (C=O) groups excluding carboxylic acids is 1. The molecule has 1 aromatic heterocycles. The summed E-state index contributed by atoms with van der Waals surface area (Å²) in [5.74, 6) is 0.245. The molecule has 0 spiro atoms. The average molecular weight is 395 g/mol. The molecule has 26 heavy (non-hydrogen) atoms. The van der Waals surface area contributed by atoms with Crippen LogP contribution < -0.4 is 4.74 Å². The third-order valence-corrected chi connectivity index (χ3v) is 5.58. The molecule has 0 aliphatic carbocycles. The van der Waals surface area contributed by atoms with E-state index in [0.717, 1.165) is 5.56 Å². The Balaban J connectivity index is 1.84. The molecule has 138 valence electrons. The fraction of sp³-hybridized carbons (Fsp3) is 0.368. The quantitative estimate of drug-likeness (QED) is 0.859. The molecule has 5 nitrogen and oxygen atoms in total. The maximum atomic E-state index is 12.8. The van der Waals surface area contributed by atoms with Crippen molar-refractivity contribution in [3.05, 3.63) is 57.7 Å². The first-order chi connectivity index (χ1) is 12.4. The lowest BCUT2D eigenvalue weighted by molar-refractivity contribution is 0.0761. The van der Waals surface area contributed by atoms with Gasteiger partial charge in [0.15, 0.2) is 0 Å². The van der Waals surface area contributed by atoms with Gasteiger partial charge in [-0.15, -0.1) is 0 Å². The van der Waals surface area contributed by atoms with Crippen molar-refractivity contribution in [2.45, 2.75) is 18.9 Å². The minimum absolute atomic E-state index is 0.0140. The van der Waals surface area contributed by atoms with Crippen molar-refractivity contribution < 1.29 is 14.6 Å². The Bertz CT molecular complexity index is 796. The minimum atomic E-state index is -0.554. The maximum Gasteiger partial charge on any atom is 0.255 e. The number of halogens is 2. The number of nitrogens with zero attached hydrogens (tertiary/aromatic N) is 2. The number of aliphatic hydroxyl groups is 1. The van der Waals surface area contributed by atoms with Crippen LogP contribution in [0.15, 0.2) is 36.5 Å². The molecule has 0 saturated carbocycles. The Hall–Kier alpha value is -1.82. The zero-order valence-corrected chi connectivity index (χ0v) is 16.0. The van der Waals surface area contributed by atoms with Gasteiger partial charge in [0.1, 0.15) is 0 Å². The molecule has 1 aliphatic rings. The molecule has 0 bridgehead atoms. The second kappa shape index (κ2) is 7.82. The number of likely N-dealkylation sites (tertiary alicyclic amines) is 1. The number of rotatable bonds is 4. The SMILES string of the molecule is COc1ccc(C(=O)N2CC([C@H](C)O)[C@H](c3ccc(Cl)c(Cl)c3)C2)cn1. The first-order valence-corrected chi connectivity index (χ1v) is 9.08. The van der Waals surface area contributed by atoms with Crippen molar-refractivity contribution in [2.75, 3.05) is 20.2 Å². The summed E-state index contributed by atoms with van der Waals surface area (Å²) in [6, 6.07) is 8.81. The second-order valence-corrected chi connectivity index (χ2v) is 7.30. The predicted octanol–water partition coefficient (Wildman–Crippen LogP) is 3.63. The van der Waals surface area contributed by atoms with E-state index in [1.165, 1.54) is 13.3 Å². The van der Waals surface area contributed by atoms with Gasteiger partial charge in [-0.2, -0.15) is 0 Å². The number of hydrogen-bond acceptors (Lipinski definition) is 4. The number of hydrogen-bond donors (Lipinski definition) is 1. The highest BCUT2D eigenvalue weighted by atomic mass is 35.5. The smallest absolute Gasteiger partial charge is 0.255 e. The summed E-state index contributed by atoms with van der Waals surface area (Å²) in [5.41, 5.74) is 1.46. The summed E-state index contributed by atoms with van der Waals surface area (Å²) in [5, 5.41) is 11.2. The second-order valence-electron chi connectivity index (χ2n) is 6.48. The summed E-state index contributed by atoms with van der Waals surface area (Å²) in [6.45, 7) is 2.71. The molecule has 2 aromatic rings. The highest BCUT2D eigenvalue weighted by molar-refractivity contribution is 6.42. The molecule has 1 amide bonds. The third kappa shape index (κ3) is 3.80. The van der Waals surface area contributed by atoms with Gasteiger partial charge in [-0.3, -0.25) is 4.79 Å². The van der Waals surface area contributed by atoms with E-state index < -0.39 is 6.10 Å². The number of aromatic nitrogens is 1. The van der Waals surface area contributed by atoms with Crippen LogP contribution in [0.3, 0.4) is 0 Å². The first kappa shape index (κ1) is 19.0. The van der Waals surface area contributed by atoms with Crippen molar-refractivity contribution in [3.8, 4) is 5.88 Å². The van der Waals surface area contributed by atoms with Crippen LogP contribution in [0.5, 0.6) is 5.88 Å². The molecule has 3 atom stereocenters. The van der Waals surface area contributed by atoms with E-state index in [2.05, 4.69) is 4.98 Å². The minimum Gasteiger partial charge on any atom is -0.481 e. The Morgan fingerprint density at radius 1 is 1.27 bits per heavy atom.